The van der Waals surface area contributed by atoms with Crippen LogP contribution in [0.4, 0.5) is 0 Å². The van der Waals surface area contributed by atoms with Gasteiger partial charge in [-0.3, -0.25) is 4.90 Å². The molecule has 80 valence electrons. The van der Waals surface area contributed by atoms with Crippen molar-refractivity contribution in [3.05, 3.63) is 12.2 Å². The first kappa shape index (κ1) is 15.5. The number of rotatable bonds is 7. The Bertz CT molecular complexity index is 107. The van der Waals surface area contributed by atoms with E-state index in [1.165, 1.54) is 25.9 Å². The van der Waals surface area contributed by atoms with Gasteiger partial charge >= 0.3 is 0 Å². The van der Waals surface area contributed by atoms with Gasteiger partial charge in [0.05, 0.1) is 0 Å². The van der Waals surface area contributed by atoms with E-state index in [-0.39, 0.29) is 12.4 Å². The van der Waals surface area contributed by atoms with E-state index in [0.717, 1.165) is 13.0 Å². The molecule has 2 heteroatoms. The molecule has 0 unspecified atom stereocenters. The molecule has 0 saturated heterocycles. The van der Waals surface area contributed by atoms with Gasteiger partial charge in [0.25, 0.3) is 0 Å². The molecule has 0 aromatic rings. The summed E-state index contributed by atoms with van der Waals surface area (Å²) in [6.07, 6.45) is 8.22. The first-order valence-electron chi connectivity index (χ1n) is 5.22. The second-order valence-electron chi connectivity index (χ2n) is 3.18. The van der Waals surface area contributed by atoms with Crippen molar-refractivity contribution < 1.29 is 0 Å². The standard InChI is InChI=1S/C11H23N.ClH/c1-4-7-8-11-12(9-5-2)10-6-3;/h7-8H,4-6,9-11H2,1-3H3;1H. The predicted octanol–water partition coefficient (Wildman–Crippen LogP) is 3.50. The van der Waals surface area contributed by atoms with E-state index in [2.05, 4.69) is 37.8 Å². The van der Waals surface area contributed by atoms with Crippen LogP contribution in [0.15, 0.2) is 12.2 Å². The van der Waals surface area contributed by atoms with E-state index in [0.29, 0.717) is 0 Å². The van der Waals surface area contributed by atoms with Crippen molar-refractivity contribution in [2.45, 2.75) is 40.0 Å². The summed E-state index contributed by atoms with van der Waals surface area (Å²) in [4.78, 5) is 2.51. The zero-order valence-corrected chi connectivity index (χ0v) is 10.1. The summed E-state index contributed by atoms with van der Waals surface area (Å²) in [5.41, 5.74) is 0. The van der Waals surface area contributed by atoms with E-state index < -0.39 is 0 Å². The van der Waals surface area contributed by atoms with Gasteiger partial charge in [0.2, 0.25) is 0 Å². The minimum Gasteiger partial charge on any atom is -0.300 e. The Balaban J connectivity index is 0. The first-order valence-corrected chi connectivity index (χ1v) is 5.22. The second kappa shape index (κ2) is 12.0. The van der Waals surface area contributed by atoms with Gasteiger partial charge in [-0.05, 0) is 32.4 Å². The van der Waals surface area contributed by atoms with Crippen LogP contribution in [-0.2, 0) is 0 Å². The average Bonchev–Trinajstić information content (AvgIpc) is 2.06. The van der Waals surface area contributed by atoms with Gasteiger partial charge in [-0.25, -0.2) is 0 Å². The summed E-state index contributed by atoms with van der Waals surface area (Å²) in [5, 5.41) is 0. The lowest BCUT2D eigenvalue weighted by Crippen LogP contribution is -2.25. The van der Waals surface area contributed by atoms with E-state index in [4.69, 9.17) is 0 Å². The van der Waals surface area contributed by atoms with Gasteiger partial charge in [0, 0.05) is 6.54 Å². The van der Waals surface area contributed by atoms with E-state index in [9.17, 15) is 0 Å². The van der Waals surface area contributed by atoms with Gasteiger partial charge in [-0.2, -0.15) is 0 Å². The average molecular weight is 206 g/mol. The Labute approximate surface area is 89.6 Å². The van der Waals surface area contributed by atoms with Gasteiger partial charge in [-0.1, -0.05) is 32.9 Å². The van der Waals surface area contributed by atoms with Crippen molar-refractivity contribution in [3.63, 3.8) is 0 Å². The Morgan fingerprint density at radius 1 is 0.923 bits per heavy atom. The molecule has 0 rings (SSSR count). The van der Waals surface area contributed by atoms with Crippen molar-refractivity contribution in [2.24, 2.45) is 0 Å². The largest absolute Gasteiger partial charge is 0.300 e. The molecule has 0 spiro atoms. The number of halogens is 1. The zero-order valence-electron chi connectivity index (χ0n) is 9.25. The van der Waals surface area contributed by atoms with E-state index in [1.54, 1.807) is 0 Å². The highest BCUT2D eigenvalue weighted by Crippen LogP contribution is 1.94. The van der Waals surface area contributed by atoms with Gasteiger partial charge in [-0.15, -0.1) is 12.4 Å². The van der Waals surface area contributed by atoms with Crippen LogP contribution in [-0.4, -0.2) is 24.5 Å². The molecule has 0 bridgehead atoms. The van der Waals surface area contributed by atoms with Crippen LogP contribution in [0.2, 0.25) is 0 Å². The summed E-state index contributed by atoms with van der Waals surface area (Å²) in [6, 6.07) is 0. The number of hydrogen-bond donors (Lipinski definition) is 0. The Morgan fingerprint density at radius 2 is 1.46 bits per heavy atom. The van der Waals surface area contributed by atoms with E-state index in [1.807, 2.05) is 0 Å². The fraction of sp³-hybridized carbons (Fsp3) is 0.818. The molecule has 0 saturated carbocycles. The fourth-order valence-corrected chi connectivity index (χ4v) is 1.32. The molecule has 0 fully saturated rings. The third kappa shape index (κ3) is 9.91. The normalized spacial score (nSPS) is 10.8. The predicted molar refractivity (Wildman–Crippen MR) is 63.7 cm³/mol. The topological polar surface area (TPSA) is 3.24 Å². The highest BCUT2D eigenvalue weighted by atomic mass is 35.5. The zero-order chi connectivity index (χ0) is 9.23. The molecule has 0 aromatic heterocycles. The lowest BCUT2D eigenvalue weighted by atomic mass is 10.3. The molecular formula is C11H24ClN. The molecule has 0 aromatic carbocycles. The monoisotopic (exact) mass is 205 g/mol. The van der Waals surface area contributed by atoms with Crippen molar-refractivity contribution in [1.82, 2.24) is 4.90 Å². The first-order chi connectivity index (χ1) is 5.85. The fourth-order valence-electron chi connectivity index (χ4n) is 1.32. The maximum atomic E-state index is 2.51. The second-order valence-corrected chi connectivity index (χ2v) is 3.18. The molecule has 0 radical (unpaired) electrons. The molecule has 0 aliphatic rings. The molecule has 0 N–H and O–H groups in total. The smallest absolute Gasteiger partial charge is 0.0163 e. The van der Waals surface area contributed by atoms with Crippen LogP contribution < -0.4 is 0 Å². The molecule has 1 nitrogen and oxygen atoms in total. The lowest BCUT2D eigenvalue weighted by molar-refractivity contribution is 0.303. The van der Waals surface area contributed by atoms with Gasteiger partial charge in [0.15, 0.2) is 0 Å². The number of hydrogen-bond acceptors (Lipinski definition) is 1. The summed E-state index contributed by atoms with van der Waals surface area (Å²) in [6.45, 7) is 10.3. The summed E-state index contributed by atoms with van der Waals surface area (Å²) < 4.78 is 0. The minimum atomic E-state index is 0. The highest BCUT2D eigenvalue weighted by Gasteiger charge is 1.97. The van der Waals surface area contributed by atoms with Crippen LogP contribution in [0, 0.1) is 0 Å². The number of nitrogens with zero attached hydrogens (tertiary/aromatic N) is 1. The van der Waals surface area contributed by atoms with Crippen molar-refractivity contribution in [1.29, 1.82) is 0 Å². The van der Waals surface area contributed by atoms with Gasteiger partial charge < -0.3 is 0 Å². The third-order valence-electron chi connectivity index (χ3n) is 1.85. The molecule has 0 heterocycles. The molecule has 0 aliphatic heterocycles. The van der Waals surface area contributed by atoms with Gasteiger partial charge in [0.1, 0.15) is 0 Å². The van der Waals surface area contributed by atoms with Crippen LogP contribution in [0.3, 0.4) is 0 Å². The maximum Gasteiger partial charge on any atom is 0.0163 e. The van der Waals surface area contributed by atoms with Crippen LogP contribution >= 0.6 is 12.4 Å². The molecular weight excluding hydrogens is 182 g/mol. The van der Waals surface area contributed by atoms with Crippen LogP contribution in [0.1, 0.15) is 40.0 Å². The summed E-state index contributed by atoms with van der Waals surface area (Å²) >= 11 is 0. The Kier molecular flexibility index (Phi) is 14.3. The third-order valence-corrected chi connectivity index (χ3v) is 1.85. The van der Waals surface area contributed by atoms with Crippen LogP contribution in [0.25, 0.3) is 0 Å². The van der Waals surface area contributed by atoms with E-state index >= 15 is 0 Å². The maximum absolute atomic E-state index is 2.51. The van der Waals surface area contributed by atoms with Crippen LogP contribution in [0.5, 0.6) is 0 Å². The molecule has 0 aliphatic carbocycles. The van der Waals surface area contributed by atoms with Crippen molar-refractivity contribution >= 4 is 12.4 Å². The summed E-state index contributed by atoms with van der Waals surface area (Å²) in [7, 11) is 0. The Hall–Kier alpha value is -0.0100. The SMILES string of the molecule is CCC=CCN(CCC)CCC.Cl. The minimum absolute atomic E-state index is 0. The van der Waals surface area contributed by atoms with Crippen molar-refractivity contribution in [2.75, 3.05) is 19.6 Å². The molecule has 0 amide bonds. The number of allylic oxidation sites excluding steroid dienone is 1. The summed E-state index contributed by atoms with van der Waals surface area (Å²) in [5.74, 6) is 0. The molecule has 0 atom stereocenters. The Morgan fingerprint density at radius 3 is 1.85 bits per heavy atom. The lowest BCUT2D eigenvalue weighted by Gasteiger charge is -2.18. The van der Waals surface area contributed by atoms with Crippen molar-refractivity contribution in [3.8, 4) is 0 Å². The quantitative estimate of drug-likeness (QED) is 0.576. The highest BCUT2D eigenvalue weighted by molar-refractivity contribution is 5.85. The molecule has 13 heavy (non-hydrogen) atoms.